The van der Waals surface area contributed by atoms with Crippen LogP contribution in [0.25, 0.3) is 22.3 Å². The van der Waals surface area contributed by atoms with Gasteiger partial charge in [-0.25, -0.2) is 0 Å². The number of anilines is 3. The summed E-state index contributed by atoms with van der Waals surface area (Å²) in [7, 11) is -0.383. The molecule has 0 bridgehead atoms. The molecule has 2 heterocycles. The molecule has 0 unspecified atom stereocenters. The SMILES string of the molecule is CC1(C)OB(c2cccc(-c3ccc4c(c3)Sc3ccccc3N4c3cccc(-c4ccccc4)c3)c2)OC1(C)C. The molecule has 0 saturated carbocycles. The van der Waals surface area contributed by atoms with E-state index in [2.05, 4.69) is 154 Å². The Hall–Kier alpha value is -3.77. The van der Waals surface area contributed by atoms with Crippen LogP contribution in [-0.2, 0) is 9.31 Å². The largest absolute Gasteiger partial charge is 0.494 e. The number of hydrogen-bond donors (Lipinski definition) is 0. The van der Waals surface area contributed by atoms with E-state index in [9.17, 15) is 0 Å². The third-order valence-electron chi connectivity index (χ3n) is 8.48. The number of rotatable bonds is 4. The Morgan fingerprint density at radius 1 is 0.537 bits per heavy atom. The predicted octanol–water partition coefficient (Wildman–Crippen LogP) is 9.25. The number of benzene rings is 5. The zero-order valence-electron chi connectivity index (χ0n) is 23.8. The molecule has 0 aliphatic carbocycles. The van der Waals surface area contributed by atoms with Gasteiger partial charge < -0.3 is 14.2 Å². The van der Waals surface area contributed by atoms with Crippen LogP contribution in [0.2, 0.25) is 0 Å². The minimum Gasteiger partial charge on any atom is -0.399 e. The van der Waals surface area contributed by atoms with Crippen molar-refractivity contribution in [1.82, 2.24) is 0 Å². The highest BCUT2D eigenvalue weighted by Gasteiger charge is 2.51. The Morgan fingerprint density at radius 2 is 1.15 bits per heavy atom. The van der Waals surface area contributed by atoms with Crippen LogP contribution in [0, 0.1) is 0 Å². The summed E-state index contributed by atoms with van der Waals surface area (Å²) in [6, 6.07) is 43.4. The maximum atomic E-state index is 6.34. The molecule has 2 aliphatic rings. The fraction of sp³-hybridized carbons (Fsp3) is 0.167. The molecule has 0 radical (unpaired) electrons. The second-order valence-electron chi connectivity index (χ2n) is 11.7. The monoisotopic (exact) mass is 553 g/mol. The van der Waals surface area contributed by atoms with E-state index in [0.717, 1.165) is 16.7 Å². The van der Waals surface area contributed by atoms with Gasteiger partial charge in [-0.3, -0.25) is 0 Å². The topological polar surface area (TPSA) is 21.7 Å². The van der Waals surface area contributed by atoms with Gasteiger partial charge in [0.05, 0.1) is 22.6 Å². The molecule has 1 saturated heterocycles. The molecule has 5 heteroatoms. The maximum Gasteiger partial charge on any atom is 0.494 e. The first kappa shape index (κ1) is 26.2. The molecule has 0 amide bonds. The van der Waals surface area contributed by atoms with Crippen molar-refractivity contribution in [2.45, 2.75) is 48.7 Å². The summed E-state index contributed by atoms with van der Waals surface area (Å²) in [6.07, 6.45) is 0. The van der Waals surface area contributed by atoms with E-state index in [-0.39, 0.29) is 18.3 Å². The van der Waals surface area contributed by atoms with Crippen molar-refractivity contribution in [2.75, 3.05) is 4.90 Å². The second kappa shape index (κ2) is 9.95. The fourth-order valence-corrected chi connectivity index (χ4v) is 6.61. The molecule has 5 aromatic rings. The summed E-state index contributed by atoms with van der Waals surface area (Å²) in [5, 5.41) is 0. The highest BCUT2D eigenvalue weighted by Crippen LogP contribution is 2.52. The Kier molecular flexibility index (Phi) is 6.35. The number of nitrogens with zero attached hydrogens (tertiary/aromatic N) is 1. The van der Waals surface area contributed by atoms with Gasteiger partial charge in [0.1, 0.15) is 0 Å². The van der Waals surface area contributed by atoms with Gasteiger partial charge in [0, 0.05) is 15.5 Å². The van der Waals surface area contributed by atoms with E-state index < -0.39 is 0 Å². The average Bonchev–Trinajstić information content (AvgIpc) is 3.22. The lowest BCUT2D eigenvalue weighted by molar-refractivity contribution is 0.00578. The minimum absolute atomic E-state index is 0.370. The van der Waals surface area contributed by atoms with Crippen molar-refractivity contribution < 1.29 is 9.31 Å². The van der Waals surface area contributed by atoms with E-state index in [4.69, 9.17) is 9.31 Å². The predicted molar refractivity (Wildman–Crippen MR) is 172 cm³/mol. The first-order valence-electron chi connectivity index (χ1n) is 14.1. The summed E-state index contributed by atoms with van der Waals surface area (Å²) < 4.78 is 12.7. The lowest BCUT2D eigenvalue weighted by Crippen LogP contribution is -2.41. The first-order valence-corrected chi connectivity index (χ1v) is 14.9. The van der Waals surface area contributed by atoms with Gasteiger partial charge in [-0.1, -0.05) is 96.7 Å². The number of fused-ring (bicyclic) bond motifs is 2. The molecule has 3 nitrogen and oxygen atoms in total. The summed E-state index contributed by atoms with van der Waals surface area (Å²) in [6.45, 7) is 8.38. The molecular formula is C36H32BNO2S. The van der Waals surface area contributed by atoms with Crippen LogP contribution in [0.1, 0.15) is 27.7 Å². The van der Waals surface area contributed by atoms with Crippen molar-refractivity contribution in [2.24, 2.45) is 0 Å². The summed E-state index contributed by atoms with van der Waals surface area (Å²) in [5.74, 6) is 0. The molecule has 0 atom stereocenters. The molecule has 5 aromatic carbocycles. The number of hydrogen-bond acceptors (Lipinski definition) is 4. The zero-order chi connectivity index (χ0) is 28.2. The van der Waals surface area contributed by atoms with E-state index in [1.165, 1.54) is 37.9 Å². The second-order valence-corrected chi connectivity index (χ2v) is 12.8. The van der Waals surface area contributed by atoms with Crippen molar-refractivity contribution in [3.05, 3.63) is 121 Å². The van der Waals surface area contributed by atoms with Crippen molar-refractivity contribution in [3.63, 3.8) is 0 Å². The molecule has 41 heavy (non-hydrogen) atoms. The molecule has 1 fully saturated rings. The highest BCUT2D eigenvalue weighted by atomic mass is 32.2. The molecule has 2 aliphatic heterocycles. The smallest absolute Gasteiger partial charge is 0.399 e. The zero-order valence-corrected chi connectivity index (χ0v) is 24.6. The van der Waals surface area contributed by atoms with Crippen LogP contribution in [0.5, 0.6) is 0 Å². The standard InChI is InChI=1S/C36H32BNO2S/c1-35(2)36(3,4)40-37(39-35)29-16-10-14-26(22-29)28-20-21-32-34(24-28)41-33-19-9-8-18-31(33)38(32)30-17-11-15-27(23-30)25-12-6-5-7-13-25/h5-24H,1-4H3. The molecule has 202 valence electrons. The van der Waals surface area contributed by atoms with Crippen LogP contribution in [0.4, 0.5) is 17.1 Å². The van der Waals surface area contributed by atoms with Crippen LogP contribution in [0.3, 0.4) is 0 Å². The summed E-state index contributed by atoms with van der Waals surface area (Å²) in [4.78, 5) is 4.86. The van der Waals surface area contributed by atoms with Crippen molar-refractivity contribution in [1.29, 1.82) is 0 Å². The van der Waals surface area contributed by atoms with Gasteiger partial charge in [-0.15, -0.1) is 0 Å². The maximum absolute atomic E-state index is 6.34. The summed E-state index contributed by atoms with van der Waals surface area (Å²) in [5.41, 5.74) is 8.57. The van der Waals surface area contributed by atoms with E-state index >= 15 is 0 Å². The molecule has 0 spiro atoms. The van der Waals surface area contributed by atoms with Crippen molar-refractivity contribution >= 4 is 41.4 Å². The summed E-state index contributed by atoms with van der Waals surface area (Å²) >= 11 is 1.83. The van der Waals surface area contributed by atoms with Crippen molar-refractivity contribution in [3.8, 4) is 22.3 Å². The Morgan fingerprint density at radius 3 is 1.93 bits per heavy atom. The van der Waals surface area contributed by atoms with Gasteiger partial charge in [-0.05, 0) is 91.8 Å². The Labute approximate surface area is 247 Å². The van der Waals surface area contributed by atoms with Crippen LogP contribution >= 0.6 is 11.8 Å². The molecule has 7 rings (SSSR count). The van der Waals surface area contributed by atoms with Gasteiger partial charge in [0.15, 0.2) is 0 Å². The van der Waals surface area contributed by atoms with Gasteiger partial charge >= 0.3 is 7.12 Å². The van der Waals surface area contributed by atoms with Crippen LogP contribution < -0.4 is 10.4 Å². The minimum atomic E-state index is -0.383. The van der Waals surface area contributed by atoms with Gasteiger partial charge in [0.25, 0.3) is 0 Å². The third-order valence-corrected chi connectivity index (χ3v) is 9.60. The molecule has 0 N–H and O–H groups in total. The average molecular weight is 554 g/mol. The Balaban J connectivity index is 1.27. The number of para-hydroxylation sites is 1. The first-order chi connectivity index (χ1) is 19.8. The van der Waals surface area contributed by atoms with E-state index in [1.807, 2.05) is 11.8 Å². The van der Waals surface area contributed by atoms with Crippen LogP contribution in [0.15, 0.2) is 131 Å². The van der Waals surface area contributed by atoms with E-state index in [0.29, 0.717) is 0 Å². The highest BCUT2D eigenvalue weighted by molar-refractivity contribution is 7.99. The molecular weight excluding hydrogens is 521 g/mol. The lowest BCUT2D eigenvalue weighted by Gasteiger charge is -2.33. The third kappa shape index (κ3) is 4.68. The molecule has 0 aromatic heterocycles. The van der Waals surface area contributed by atoms with Crippen LogP contribution in [-0.4, -0.2) is 18.3 Å². The van der Waals surface area contributed by atoms with E-state index in [1.54, 1.807) is 0 Å². The lowest BCUT2D eigenvalue weighted by atomic mass is 9.78. The fourth-order valence-electron chi connectivity index (χ4n) is 5.51. The quantitative estimate of drug-likeness (QED) is 0.203. The Bertz CT molecular complexity index is 1730. The normalized spacial score (nSPS) is 16.8. The van der Waals surface area contributed by atoms with Gasteiger partial charge in [0.2, 0.25) is 0 Å². The van der Waals surface area contributed by atoms with Gasteiger partial charge in [-0.2, -0.15) is 0 Å².